The van der Waals surface area contributed by atoms with E-state index in [4.69, 9.17) is 5.11 Å². The maximum atomic E-state index is 13.0. The predicted molar refractivity (Wildman–Crippen MR) is 54.6 cm³/mol. The van der Waals surface area contributed by atoms with Gasteiger partial charge in [0.2, 0.25) is 0 Å². The van der Waals surface area contributed by atoms with E-state index in [2.05, 4.69) is 15.9 Å². The number of carboxylic acid groups (broad SMARTS) is 1. The highest BCUT2D eigenvalue weighted by molar-refractivity contribution is 9.10. The van der Waals surface area contributed by atoms with E-state index < -0.39 is 11.9 Å². The molecule has 0 saturated carbocycles. The van der Waals surface area contributed by atoms with Crippen molar-refractivity contribution in [3.8, 4) is 0 Å². The van der Waals surface area contributed by atoms with Crippen LogP contribution >= 0.6 is 15.9 Å². The zero-order valence-corrected chi connectivity index (χ0v) is 9.21. The molecule has 14 heavy (non-hydrogen) atoms. The lowest BCUT2D eigenvalue weighted by atomic mass is 10.0. The van der Waals surface area contributed by atoms with E-state index in [0.29, 0.717) is 16.5 Å². The van der Waals surface area contributed by atoms with Gasteiger partial charge in [0.1, 0.15) is 5.82 Å². The summed E-state index contributed by atoms with van der Waals surface area (Å²) in [7, 11) is 0. The molecule has 0 amide bonds. The first-order chi connectivity index (χ1) is 6.50. The molecule has 0 bridgehead atoms. The Kier molecular flexibility index (Phi) is 3.63. The van der Waals surface area contributed by atoms with Crippen LogP contribution in [0.4, 0.5) is 4.39 Å². The van der Waals surface area contributed by atoms with E-state index in [9.17, 15) is 9.18 Å². The van der Waals surface area contributed by atoms with Crippen molar-refractivity contribution in [2.75, 3.05) is 0 Å². The van der Waals surface area contributed by atoms with E-state index in [1.54, 1.807) is 19.1 Å². The number of carbonyl (C=O) groups is 1. The highest BCUT2D eigenvalue weighted by Gasteiger charge is 2.12. The minimum atomic E-state index is -0.867. The fourth-order valence-electron chi connectivity index (χ4n) is 1.11. The van der Waals surface area contributed by atoms with Crippen molar-refractivity contribution in [1.29, 1.82) is 0 Å². The third-order valence-electron chi connectivity index (χ3n) is 1.95. The molecule has 1 N–H and O–H groups in total. The van der Waals surface area contributed by atoms with Crippen LogP contribution in [-0.4, -0.2) is 11.1 Å². The monoisotopic (exact) mass is 260 g/mol. The molecule has 0 heterocycles. The van der Waals surface area contributed by atoms with Gasteiger partial charge >= 0.3 is 5.97 Å². The van der Waals surface area contributed by atoms with Crippen molar-refractivity contribution in [2.45, 2.75) is 13.3 Å². The summed E-state index contributed by atoms with van der Waals surface area (Å²) in [5.74, 6) is -1.72. The molecular formula is C10H10BrFO2. The van der Waals surface area contributed by atoms with E-state index in [0.717, 1.165) is 0 Å². The SMILES string of the molecule is CC(Cc1ccc(Br)c(F)c1)C(=O)O. The van der Waals surface area contributed by atoms with Crippen LogP contribution in [0.25, 0.3) is 0 Å². The summed E-state index contributed by atoms with van der Waals surface area (Å²) < 4.78 is 13.4. The first-order valence-electron chi connectivity index (χ1n) is 4.17. The summed E-state index contributed by atoms with van der Waals surface area (Å²) in [6, 6.07) is 4.65. The van der Waals surface area contributed by atoms with Gasteiger partial charge in [0.05, 0.1) is 10.4 Å². The van der Waals surface area contributed by atoms with Crippen molar-refractivity contribution in [1.82, 2.24) is 0 Å². The molecule has 1 atom stereocenters. The second-order valence-electron chi connectivity index (χ2n) is 3.19. The number of aliphatic carboxylic acids is 1. The van der Waals surface area contributed by atoms with Crippen LogP contribution < -0.4 is 0 Å². The Morgan fingerprint density at radius 2 is 2.29 bits per heavy atom. The second-order valence-corrected chi connectivity index (χ2v) is 4.05. The van der Waals surface area contributed by atoms with Gasteiger partial charge in [-0.2, -0.15) is 0 Å². The van der Waals surface area contributed by atoms with Crippen LogP contribution in [0.3, 0.4) is 0 Å². The Morgan fingerprint density at radius 3 is 2.79 bits per heavy atom. The normalized spacial score (nSPS) is 12.5. The molecule has 4 heteroatoms. The molecule has 1 rings (SSSR count). The molecule has 1 unspecified atom stereocenters. The second kappa shape index (κ2) is 4.55. The Bertz CT molecular complexity index is 352. The van der Waals surface area contributed by atoms with E-state index in [-0.39, 0.29) is 5.82 Å². The van der Waals surface area contributed by atoms with Crippen molar-refractivity contribution < 1.29 is 14.3 Å². The fourth-order valence-corrected chi connectivity index (χ4v) is 1.35. The number of hydrogen-bond donors (Lipinski definition) is 1. The Balaban J connectivity index is 2.78. The Morgan fingerprint density at radius 1 is 1.64 bits per heavy atom. The van der Waals surface area contributed by atoms with Crippen LogP contribution in [0.1, 0.15) is 12.5 Å². The van der Waals surface area contributed by atoms with Crippen molar-refractivity contribution >= 4 is 21.9 Å². The molecule has 0 aromatic heterocycles. The summed E-state index contributed by atoms with van der Waals surface area (Å²) in [4.78, 5) is 10.6. The molecule has 0 aliphatic carbocycles. The topological polar surface area (TPSA) is 37.3 Å². The van der Waals surface area contributed by atoms with Crippen LogP contribution in [0.5, 0.6) is 0 Å². The van der Waals surface area contributed by atoms with Gasteiger partial charge in [-0.05, 0) is 40.0 Å². The largest absolute Gasteiger partial charge is 0.481 e. The summed E-state index contributed by atoms with van der Waals surface area (Å²) in [6.07, 6.45) is 0.347. The lowest BCUT2D eigenvalue weighted by molar-refractivity contribution is -0.141. The molecule has 1 aromatic carbocycles. The Labute approximate surface area is 89.9 Å². The van der Waals surface area contributed by atoms with Gasteiger partial charge in [0.25, 0.3) is 0 Å². The van der Waals surface area contributed by atoms with Gasteiger partial charge in [0.15, 0.2) is 0 Å². The average Bonchev–Trinajstić information content (AvgIpc) is 2.11. The quantitative estimate of drug-likeness (QED) is 0.908. The molecule has 0 aliphatic heterocycles. The summed E-state index contributed by atoms with van der Waals surface area (Å²) in [6.45, 7) is 1.60. The molecule has 0 spiro atoms. The van der Waals surface area contributed by atoms with Gasteiger partial charge < -0.3 is 5.11 Å². The molecular weight excluding hydrogens is 251 g/mol. The molecule has 0 radical (unpaired) electrons. The first kappa shape index (κ1) is 11.2. The van der Waals surface area contributed by atoms with Crippen LogP contribution in [0.2, 0.25) is 0 Å². The zero-order valence-electron chi connectivity index (χ0n) is 7.63. The third kappa shape index (κ3) is 2.80. The first-order valence-corrected chi connectivity index (χ1v) is 4.96. The van der Waals surface area contributed by atoms with Gasteiger partial charge in [-0.15, -0.1) is 0 Å². The molecule has 0 aliphatic rings. The highest BCUT2D eigenvalue weighted by atomic mass is 79.9. The smallest absolute Gasteiger partial charge is 0.306 e. The maximum absolute atomic E-state index is 13.0. The number of rotatable bonds is 3. The van der Waals surface area contributed by atoms with Gasteiger partial charge in [-0.25, -0.2) is 4.39 Å². The predicted octanol–water partition coefficient (Wildman–Crippen LogP) is 2.85. The van der Waals surface area contributed by atoms with Crippen LogP contribution in [0.15, 0.2) is 22.7 Å². The molecule has 2 nitrogen and oxygen atoms in total. The van der Waals surface area contributed by atoms with Gasteiger partial charge in [-0.1, -0.05) is 13.0 Å². The molecule has 1 aromatic rings. The standard InChI is InChI=1S/C10H10BrFO2/c1-6(10(13)14)4-7-2-3-8(11)9(12)5-7/h2-3,5-6H,4H2,1H3,(H,13,14). The number of benzene rings is 1. The zero-order chi connectivity index (χ0) is 10.7. The fraction of sp³-hybridized carbons (Fsp3) is 0.300. The lowest BCUT2D eigenvalue weighted by Gasteiger charge is -2.06. The lowest BCUT2D eigenvalue weighted by Crippen LogP contribution is -2.12. The summed E-state index contributed by atoms with van der Waals surface area (Å²) in [5, 5.41) is 8.66. The molecule has 0 fully saturated rings. The molecule has 0 saturated heterocycles. The number of halogens is 2. The van der Waals surface area contributed by atoms with Crippen molar-refractivity contribution in [3.63, 3.8) is 0 Å². The van der Waals surface area contributed by atoms with E-state index in [1.165, 1.54) is 6.07 Å². The minimum absolute atomic E-state index is 0.347. The Hall–Kier alpha value is -0.900. The molecule has 76 valence electrons. The summed E-state index contributed by atoms with van der Waals surface area (Å²) in [5.41, 5.74) is 0.695. The highest BCUT2D eigenvalue weighted by Crippen LogP contribution is 2.18. The van der Waals surface area contributed by atoms with Gasteiger partial charge in [0, 0.05) is 0 Å². The third-order valence-corrected chi connectivity index (χ3v) is 2.59. The number of hydrogen-bond acceptors (Lipinski definition) is 1. The van der Waals surface area contributed by atoms with Crippen LogP contribution in [0, 0.1) is 11.7 Å². The van der Waals surface area contributed by atoms with Crippen LogP contribution in [-0.2, 0) is 11.2 Å². The summed E-state index contributed by atoms with van der Waals surface area (Å²) >= 11 is 3.03. The van der Waals surface area contributed by atoms with Crippen molar-refractivity contribution in [3.05, 3.63) is 34.1 Å². The number of carboxylic acids is 1. The average molecular weight is 261 g/mol. The van der Waals surface area contributed by atoms with E-state index >= 15 is 0 Å². The maximum Gasteiger partial charge on any atom is 0.306 e. The van der Waals surface area contributed by atoms with Crippen molar-refractivity contribution in [2.24, 2.45) is 5.92 Å². The van der Waals surface area contributed by atoms with E-state index in [1.807, 2.05) is 0 Å². The minimum Gasteiger partial charge on any atom is -0.481 e. The van der Waals surface area contributed by atoms with Gasteiger partial charge in [-0.3, -0.25) is 4.79 Å².